The SMILES string of the molecule is CC(C)(C)OC(=O)NC1=CC=CC(NC(O)c2csc(-n3cc([N+](=O)[O-])cn3)n2)C1. The van der Waals surface area contributed by atoms with E-state index in [1.807, 2.05) is 6.08 Å². The Labute approximate surface area is 176 Å². The number of carbonyl (C=O) groups excluding carboxylic acids is 1. The number of thiazole rings is 1. The molecule has 0 bridgehead atoms. The third-order valence-corrected chi connectivity index (χ3v) is 4.73. The first-order valence-electron chi connectivity index (χ1n) is 9.07. The van der Waals surface area contributed by atoms with Crippen LogP contribution in [0.1, 0.15) is 39.1 Å². The van der Waals surface area contributed by atoms with Gasteiger partial charge < -0.3 is 9.84 Å². The lowest BCUT2D eigenvalue weighted by molar-refractivity contribution is -0.384. The third-order valence-electron chi connectivity index (χ3n) is 3.88. The first kappa shape index (κ1) is 21.6. The van der Waals surface area contributed by atoms with Crippen LogP contribution in [0.3, 0.4) is 0 Å². The van der Waals surface area contributed by atoms with Crippen LogP contribution in [0.25, 0.3) is 5.13 Å². The number of hydrogen-bond acceptors (Lipinski definition) is 9. The number of aromatic nitrogens is 3. The molecule has 0 saturated carbocycles. The summed E-state index contributed by atoms with van der Waals surface area (Å²) >= 11 is 1.20. The summed E-state index contributed by atoms with van der Waals surface area (Å²) in [6, 6.07) is -0.245. The van der Waals surface area contributed by atoms with Crippen LogP contribution in [0.4, 0.5) is 10.5 Å². The molecule has 2 heterocycles. The van der Waals surface area contributed by atoms with Gasteiger partial charge in [0.15, 0.2) is 0 Å². The minimum absolute atomic E-state index is 0.144. The maximum absolute atomic E-state index is 11.9. The average Bonchev–Trinajstić information content (AvgIpc) is 3.30. The van der Waals surface area contributed by atoms with Gasteiger partial charge in [-0.25, -0.2) is 14.5 Å². The number of rotatable bonds is 6. The zero-order valence-corrected chi connectivity index (χ0v) is 17.4. The summed E-state index contributed by atoms with van der Waals surface area (Å²) in [5, 5.41) is 32.9. The summed E-state index contributed by atoms with van der Waals surface area (Å²) < 4.78 is 6.53. The summed E-state index contributed by atoms with van der Waals surface area (Å²) in [4.78, 5) is 26.5. The summed E-state index contributed by atoms with van der Waals surface area (Å²) in [6.45, 7) is 5.35. The van der Waals surface area contributed by atoms with E-state index in [0.29, 0.717) is 22.9 Å². The van der Waals surface area contributed by atoms with E-state index in [4.69, 9.17) is 4.74 Å². The Kier molecular flexibility index (Phi) is 6.29. The van der Waals surface area contributed by atoms with Gasteiger partial charge in [0.25, 0.3) is 0 Å². The Hall–Kier alpha value is -3.09. The molecule has 160 valence electrons. The molecule has 3 N–H and O–H groups in total. The van der Waals surface area contributed by atoms with Crippen molar-refractivity contribution in [3.05, 3.63) is 57.5 Å². The van der Waals surface area contributed by atoms with E-state index in [0.717, 1.165) is 6.20 Å². The molecule has 30 heavy (non-hydrogen) atoms. The molecule has 0 radical (unpaired) electrons. The molecule has 3 rings (SSSR count). The van der Waals surface area contributed by atoms with Crippen molar-refractivity contribution in [3.63, 3.8) is 0 Å². The average molecular weight is 434 g/mol. The van der Waals surface area contributed by atoms with E-state index >= 15 is 0 Å². The van der Waals surface area contributed by atoms with Crippen LogP contribution in [0.2, 0.25) is 0 Å². The van der Waals surface area contributed by atoms with E-state index in [1.54, 1.807) is 38.3 Å². The molecule has 0 fully saturated rings. The van der Waals surface area contributed by atoms with Gasteiger partial charge in [-0.2, -0.15) is 5.10 Å². The molecule has 1 aliphatic rings. The molecule has 1 amide bonds. The van der Waals surface area contributed by atoms with Gasteiger partial charge in [-0.3, -0.25) is 20.7 Å². The van der Waals surface area contributed by atoms with E-state index in [2.05, 4.69) is 20.7 Å². The fourth-order valence-corrected chi connectivity index (χ4v) is 3.40. The quantitative estimate of drug-likeness (QED) is 0.357. The van der Waals surface area contributed by atoms with Crippen molar-refractivity contribution in [2.24, 2.45) is 0 Å². The second kappa shape index (κ2) is 8.73. The predicted molar refractivity (Wildman–Crippen MR) is 109 cm³/mol. The van der Waals surface area contributed by atoms with Crippen LogP contribution in [0, 0.1) is 10.1 Å². The number of nitrogens with zero attached hydrogens (tertiary/aromatic N) is 4. The van der Waals surface area contributed by atoms with Gasteiger partial charge in [0, 0.05) is 23.5 Å². The number of alkyl carbamates (subject to hydrolysis) is 1. The normalized spacial score (nSPS) is 17.3. The summed E-state index contributed by atoms with van der Waals surface area (Å²) in [7, 11) is 0. The van der Waals surface area contributed by atoms with Gasteiger partial charge in [-0.15, -0.1) is 11.3 Å². The molecule has 0 saturated heterocycles. The molecule has 1 aliphatic carbocycles. The highest BCUT2D eigenvalue weighted by Gasteiger charge is 2.22. The topological polar surface area (TPSA) is 144 Å². The first-order chi connectivity index (χ1) is 14.1. The van der Waals surface area contributed by atoms with E-state index in [1.165, 1.54) is 22.2 Å². The Morgan fingerprint density at radius 2 is 2.27 bits per heavy atom. The maximum Gasteiger partial charge on any atom is 0.411 e. The smallest absolute Gasteiger partial charge is 0.411 e. The lowest BCUT2D eigenvalue weighted by Crippen LogP contribution is -2.37. The molecule has 2 aromatic rings. The monoisotopic (exact) mass is 434 g/mol. The highest BCUT2D eigenvalue weighted by molar-refractivity contribution is 7.12. The van der Waals surface area contributed by atoms with E-state index in [9.17, 15) is 20.0 Å². The van der Waals surface area contributed by atoms with Crippen LogP contribution in [-0.2, 0) is 4.74 Å². The van der Waals surface area contributed by atoms with Gasteiger partial charge in [0.2, 0.25) is 5.13 Å². The second-order valence-electron chi connectivity index (χ2n) is 7.54. The highest BCUT2D eigenvalue weighted by atomic mass is 32.1. The molecular weight excluding hydrogens is 412 g/mol. The van der Waals surface area contributed by atoms with Crippen LogP contribution in [-0.4, -0.2) is 42.5 Å². The van der Waals surface area contributed by atoms with Gasteiger partial charge in [-0.05, 0) is 26.8 Å². The lowest BCUT2D eigenvalue weighted by Gasteiger charge is -2.24. The zero-order chi connectivity index (χ0) is 21.9. The van der Waals surface area contributed by atoms with Gasteiger partial charge in [-0.1, -0.05) is 12.2 Å². The fraction of sp³-hybridized carbons (Fsp3) is 0.389. The molecule has 2 unspecified atom stereocenters. The number of aliphatic hydroxyl groups is 1. The van der Waals surface area contributed by atoms with Crippen molar-refractivity contribution in [3.8, 4) is 5.13 Å². The van der Waals surface area contributed by atoms with Crippen molar-refractivity contribution in [1.82, 2.24) is 25.4 Å². The van der Waals surface area contributed by atoms with Crippen molar-refractivity contribution < 1.29 is 19.6 Å². The minimum atomic E-state index is -1.07. The highest BCUT2D eigenvalue weighted by Crippen LogP contribution is 2.22. The number of hydrogen-bond donors (Lipinski definition) is 3. The molecular formula is C18H22N6O5S. The third kappa shape index (κ3) is 5.72. The number of nitro groups is 1. The Morgan fingerprint density at radius 3 is 2.93 bits per heavy atom. The van der Waals surface area contributed by atoms with Crippen molar-refractivity contribution >= 4 is 23.1 Å². The number of nitrogens with one attached hydrogen (secondary N) is 2. The molecule has 2 aromatic heterocycles. The van der Waals surface area contributed by atoms with Gasteiger partial charge in [0.05, 0.1) is 10.6 Å². The van der Waals surface area contributed by atoms with Crippen molar-refractivity contribution in [2.75, 3.05) is 0 Å². The largest absolute Gasteiger partial charge is 0.444 e. The van der Waals surface area contributed by atoms with Crippen molar-refractivity contribution in [1.29, 1.82) is 0 Å². The predicted octanol–water partition coefficient (Wildman–Crippen LogP) is 2.55. The van der Waals surface area contributed by atoms with Gasteiger partial charge in [0.1, 0.15) is 24.2 Å². The number of carbonyl (C=O) groups is 1. The summed E-state index contributed by atoms with van der Waals surface area (Å²) in [5.74, 6) is 0. The Bertz CT molecular complexity index is 989. The second-order valence-corrected chi connectivity index (χ2v) is 8.38. The molecule has 2 atom stereocenters. The van der Waals surface area contributed by atoms with Crippen LogP contribution in [0.15, 0.2) is 41.7 Å². The Morgan fingerprint density at radius 1 is 1.50 bits per heavy atom. The standard InChI is InChI=1S/C18H22N6O5S/c1-18(2,3)29-17(26)21-12-6-4-5-11(7-12)20-15(25)14-10-30-16(22-14)23-9-13(8-19-23)24(27)28/h4-6,8-11,15,20,25H,7H2,1-3H3,(H,21,26). The lowest BCUT2D eigenvalue weighted by atomic mass is 10.1. The van der Waals surface area contributed by atoms with Crippen molar-refractivity contribution in [2.45, 2.75) is 45.1 Å². The van der Waals surface area contributed by atoms with E-state index in [-0.39, 0.29) is 11.7 Å². The minimum Gasteiger partial charge on any atom is -0.444 e. The molecule has 0 spiro atoms. The number of amides is 1. The molecule has 11 nitrogen and oxygen atoms in total. The summed E-state index contributed by atoms with van der Waals surface area (Å²) in [6.07, 6.45) is 6.61. The maximum atomic E-state index is 11.9. The van der Waals surface area contributed by atoms with Crippen LogP contribution < -0.4 is 10.6 Å². The molecule has 0 aliphatic heterocycles. The number of aliphatic hydroxyl groups excluding tert-OH is 1. The zero-order valence-electron chi connectivity index (χ0n) is 16.6. The van der Waals surface area contributed by atoms with Crippen LogP contribution >= 0.6 is 11.3 Å². The first-order valence-corrected chi connectivity index (χ1v) is 9.95. The number of allylic oxidation sites excluding steroid dienone is 2. The van der Waals surface area contributed by atoms with Gasteiger partial charge >= 0.3 is 11.8 Å². The summed E-state index contributed by atoms with van der Waals surface area (Å²) in [5.41, 5.74) is 0.270. The fourth-order valence-electron chi connectivity index (χ4n) is 2.63. The Balaban J connectivity index is 1.57. The van der Waals surface area contributed by atoms with E-state index < -0.39 is 22.8 Å². The molecule has 12 heteroatoms. The number of ether oxygens (including phenoxy) is 1. The van der Waals surface area contributed by atoms with Crippen LogP contribution in [0.5, 0.6) is 0 Å². The molecule has 0 aromatic carbocycles.